The predicted molar refractivity (Wildman–Crippen MR) is 60.4 cm³/mol. The number of carbonyl (C=O) groups is 2. The number of aliphatic hydroxyl groups excluding tert-OH is 1. The van der Waals surface area contributed by atoms with Gasteiger partial charge in [-0.25, -0.2) is 9.78 Å². The van der Waals surface area contributed by atoms with Crippen LogP contribution in [0.4, 0.5) is 0 Å². The smallest absolute Gasteiger partial charge is 0.354 e. The number of nitrogens with zero attached hydrogens (tertiary/aromatic N) is 2. The quantitative estimate of drug-likeness (QED) is 0.613. The van der Waals surface area contributed by atoms with E-state index in [0.29, 0.717) is 0 Å². The van der Waals surface area contributed by atoms with Crippen LogP contribution in [-0.2, 0) is 4.74 Å². The summed E-state index contributed by atoms with van der Waals surface area (Å²) in [6.45, 7) is 0.114. The number of aromatic amines is 1. The van der Waals surface area contributed by atoms with E-state index < -0.39 is 18.0 Å². The van der Waals surface area contributed by atoms with Crippen molar-refractivity contribution in [1.29, 1.82) is 0 Å². The molecule has 100 valence electrons. The second-order valence-corrected chi connectivity index (χ2v) is 3.73. The highest BCUT2D eigenvalue weighted by Crippen LogP contribution is 2.06. The van der Waals surface area contributed by atoms with E-state index in [2.05, 4.69) is 9.97 Å². The van der Waals surface area contributed by atoms with Gasteiger partial charge in [-0.05, 0) is 0 Å². The number of carboxylic acid groups (broad SMARTS) is 1. The number of amides is 1. The number of methoxy groups -OCH3 is 1. The van der Waals surface area contributed by atoms with Crippen LogP contribution >= 0.6 is 0 Å². The Hall–Kier alpha value is -1.93. The minimum atomic E-state index is -1.26. The molecule has 8 heteroatoms. The first kappa shape index (κ1) is 14.1. The maximum Gasteiger partial charge on any atom is 0.354 e. The number of nitrogens with one attached hydrogen (secondary N) is 1. The number of H-pyrrole nitrogens is 1. The largest absolute Gasteiger partial charge is 0.477 e. The van der Waals surface area contributed by atoms with Gasteiger partial charge in [0.2, 0.25) is 0 Å². The third kappa shape index (κ3) is 3.28. The Labute approximate surface area is 103 Å². The summed E-state index contributed by atoms with van der Waals surface area (Å²) in [5.41, 5.74) is -0.456. The molecule has 0 saturated carbocycles. The molecule has 0 aliphatic carbocycles. The Morgan fingerprint density at radius 1 is 1.61 bits per heavy atom. The number of carboxylic acids is 1. The van der Waals surface area contributed by atoms with Crippen molar-refractivity contribution in [3.8, 4) is 0 Å². The summed E-state index contributed by atoms with van der Waals surface area (Å²) < 4.78 is 4.73. The van der Waals surface area contributed by atoms with Crippen molar-refractivity contribution >= 4 is 11.9 Å². The minimum Gasteiger partial charge on any atom is -0.477 e. The number of aromatic carboxylic acids is 1. The fourth-order valence-electron chi connectivity index (χ4n) is 1.44. The molecule has 1 unspecified atom stereocenters. The van der Waals surface area contributed by atoms with Crippen LogP contribution in [0.2, 0.25) is 0 Å². The van der Waals surface area contributed by atoms with Crippen molar-refractivity contribution in [2.45, 2.75) is 6.10 Å². The third-order valence-electron chi connectivity index (χ3n) is 2.25. The molecule has 1 aromatic heterocycles. The SMILES string of the molecule is COCC(O)CN(C)C(=O)c1nc[nH]c1C(=O)O. The Morgan fingerprint density at radius 2 is 2.28 bits per heavy atom. The summed E-state index contributed by atoms with van der Waals surface area (Å²) in [4.78, 5) is 30.0. The van der Waals surface area contributed by atoms with Gasteiger partial charge < -0.3 is 24.8 Å². The number of aromatic nitrogens is 2. The van der Waals surface area contributed by atoms with Crippen LogP contribution in [0.25, 0.3) is 0 Å². The molecule has 0 saturated heterocycles. The summed E-state index contributed by atoms with van der Waals surface area (Å²) in [5.74, 6) is -1.84. The van der Waals surface area contributed by atoms with Crippen LogP contribution in [0, 0.1) is 0 Å². The number of aliphatic hydroxyl groups is 1. The average molecular weight is 257 g/mol. The molecule has 0 radical (unpaired) electrons. The Kier molecular flexibility index (Phi) is 4.81. The van der Waals surface area contributed by atoms with Gasteiger partial charge in [-0.3, -0.25) is 4.79 Å². The van der Waals surface area contributed by atoms with E-state index in [9.17, 15) is 14.7 Å². The molecule has 0 aliphatic rings. The van der Waals surface area contributed by atoms with Gasteiger partial charge in [-0.15, -0.1) is 0 Å². The van der Waals surface area contributed by atoms with Crippen LogP contribution < -0.4 is 0 Å². The lowest BCUT2D eigenvalue weighted by molar-refractivity contribution is 0.0376. The third-order valence-corrected chi connectivity index (χ3v) is 2.25. The molecule has 0 bridgehead atoms. The molecule has 1 amide bonds. The number of rotatable bonds is 6. The molecule has 0 aromatic carbocycles. The highest BCUT2D eigenvalue weighted by atomic mass is 16.5. The maximum atomic E-state index is 11.9. The van der Waals surface area contributed by atoms with Gasteiger partial charge in [0.15, 0.2) is 11.4 Å². The summed E-state index contributed by atoms with van der Waals surface area (Å²) in [6.07, 6.45) is 0.298. The van der Waals surface area contributed by atoms with Crippen molar-refractivity contribution in [3.05, 3.63) is 17.7 Å². The number of hydrogen-bond acceptors (Lipinski definition) is 5. The molecule has 0 spiro atoms. The predicted octanol–water partition coefficient (Wildman–Crippen LogP) is -0.813. The molecule has 18 heavy (non-hydrogen) atoms. The first-order valence-corrected chi connectivity index (χ1v) is 5.16. The van der Waals surface area contributed by atoms with Gasteiger partial charge in [0.05, 0.1) is 19.0 Å². The number of hydrogen-bond donors (Lipinski definition) is 3. The number of carbonyl (C=O) groups excluding carboxylic acids is 1. The van der Waals surface area contributed by atoms with E-state index in [-0.39, 0.29) is 24.5 Å². The first-order chi connectivity index (χ1) is 8.47. The normalized spacial score (nSPS) is 12.2. The lowest BCUT2D eigenvalue weighted by Crippen LogP contribution is -2.37. The molecule has 1 atom stereocenters. The van der Waals surface area contributed by atoms with Crippen molar-refractivity contribution in [2.75, 3.05) is 27.3 Å². The van der Waals surface area contributed by atoms with Gasteiger partial charge in [-0.2, -0.15) is 0 Å². The molecule has 0 fully saturated rings. The van der Waals surface area contributed by atoms with E-state index >= 15 is 0 Å². The highest BCUT2D eigenvalue weighted by molar-refractivity contribution is 6.02. The maximum absolute atomic E-state index is 11.9. The van der Waals surface area contributed by atoms with Gasteiger partial charge in [-0.1, -0.05) is 0 Å². The molecular formula is C10H15N3O5. The van der Waals surface area contributed by atoms with Crippen molar-refractivity contribution in [1.82, 2.24) is 14.9 Å². The van der Waals surface area contributed by atoms with E-state index in [1.807, 2.05) is 0 Å². The molecule has 8 nitrogen and oxygen atoms in total. The van der Waals surface area contributed by atoms with Crippen LogP contribution in [0.15, 0.2) is 6.33 Å². The van der Waals surface area contributed by atoms with E-state index in [1.54, 1.807) is 0 Å². The monoisotopic (exact) mass is 257 g/mol. The molecule has 1 heterocycles. The average Bonchev–Trinajstić information content (AvgIpc) is 2.76. The molecule has 1 aromatic rings. The first-order valence-electron chi connectivity index (χ1n) is 5.16. The Morgan fingerprint density at radius 3 is 2.83 bits per heavy atom. The van der Waals surface area contributed by atoms with Crippen molar-refractivity contribution in [3.63, 3.8) is 0 Å². The van der Waals surface area contributed by atoms with E-state index in [0.717, 1.165) is 6.33 Å². The van der Waals surface area contributed by atoms with E-state index in [1.165, 1.54) is 19.1 Å². The number of imidazole rings is 1. The van der Waals surface area contributed by atoms with Gasteiger partial charge in [0.25, 0.3) is 5.91 Å². The minimum absolute atomic E-state index is 0.0264. The van der Waals surface area contributed by atoms with E-state index in [4.69, 9.17) is 9.84 Å². The summed E-state index contributed by atoms with van der Waals surface area (Å²) >= 11 is 0. The fourth-order valence-corrected chi connectivity index (χ4v) is 1.44. The summed E-state index contributed by atoms with van der Waals surface area (Å²) in [5, 5.41) is 18.3. The van der Waals surface area contributed by atoms with Crippen molar-refractivity contribution < 1.29 is 24.5 Å². The topological polar surface area (TPSA) is 116 Å². The zero-order valence-electron chi connectivity index (χ0n) is 10.1. The van der Waals surface area contributed by atoms with Crippen LogP contribution in [0.5, 0.6) is 0 Å². The second-order valence-electron chi connectivity index (χ2n) is 3.73. The summed E-state index contributed by atoms with van der Waals surface area (Å²) in [6, 6.07) is 0. The summed E-state index contributed by atoms with van der Waals surface area (Å²) in [7, 11) is 2.88. The zero-order valence-corrected chi connectivity index (χ0v) is 10.1. The standard InChI is InChI=1S/C10H15N3O5/c1-13(3-6(14)4-18-2)9(15)7-8(10(16)17)12-5-11-7/h5-6,14H,3-4H2,1-2H3,(H,11,12)(H,16,17). The van der Waals surface area contributed by atoms with Gasteiger partial charge in [0.1, 0.15) is 0 Å². The lowest BCUT2D eigenvalue weighted by Gasteiger charge is -2.19. The lowest BCUT2D eigenvalue weighted by atomic mass is 10.2. The molecule has 3 N–H and O–H groups in total. The fraction of sp³-hybridized carbons (Fsp3) is 0.500. The van der Waals surface area contributed by atoms with Crippen LogP contribution in [0.3, 0.4) is 0 Å². The number of ether oxygens (including phenoxy) is 1. The molecular weight excluding hydrogens is 242 g/mol. The van der Waals surface area contributed by atoms with Crippen molar-refractivity contribution in [2.24, 2.45) is 0 Å². The zero-order chi connectivity index (χ0) is 13.7. The Balaban J connectivity index is 2.74. The number of likely N-dealkylation sites (N-methyl/N-ethyl adjacent to an activating group) is 1. The molecule has 1 rings (SSSR count). The van der Waals surface area contributed by atoms with Gasteiger partial charge >= 0.3 is 5.97 Å². The molecule has 0 aliphatic heterocycles. The second kappa shape index (κ2) is 6.12. The van der Waals surface area contributed by atoms with Crippen LogP contribution in [-0.4, -0.2) is 70.4 Å². The highest BCUT2D eigenvalue weighted by Gasteiger charge is 2.23. The van der Waals surface area contributed by atoms with Crippen LogP contribution in [0.1, 0.15) is 21.0 Å². The Bertz CT molecular complexity index is 431. The van der Waals surface area contributed by atoms with Gasteiger partial charge in [0, 0.05) is 20.7 Å².